The molecule has 0 bridgehead atoms. The second-order valence-corrected chi connectivity index (χ2v) is 4.31. The number of rotatable bonds is 1. The molecule has 1 aromatic carbocycles. The van der Waals surface area contributed by atoms with Crippen LogP contribution in [0, 0.1) is 11.3 Å². The largest absolute Gasteiger partial charge is 0.393 e. The molecule has 1 aliphatic carbocycles. The lowest BCUT2D eigenvalue weighted by molar-refractivity contribution is 0.102. The molecule has 0 spiro atoms. The van der Waals surface area contributed by atoms with Crippen molar-refractivity contribution < 1.29 is 5.11 Å². The minimum absolute atomic E-state index is 0.321. The highest BCUT2D eigenvalue weighted by Crippen LogP contribution is 2.38. The zero-order valence-corrected chi connectivity index (χ0v) is 8.69. The number of aliphatic hydroxyl groups excluding tert-OH is 1. The van der Waals surface area contributed by atoms with E-state index in [0.717, 1.165) is 24.8 Å². The topological polar surface area (TPSA) is 44.0 Å². The third kappa shape index (κ3) is 1.88. The molecule has 0 aromatic heterocycles. The summed E-state index contributed by atoms with van der Waals surface area (Å²) in [5.41, 5.74) is 0.588. The van der Waals surface area contributed by atoms with E-state index < -0.39 is 5.41 Å². The second-order valence-electron chi connectivity index (χ2n) is 4.31. The first-order valence-electron chi connectivity index (χ1n) is 5.42. The zero-order chi connectivity index (χ0) is 10.7. The van der Waals surface area contributed by atoms with Crippen molar-refractivity contribution in [3.8, 4) is 6.07 Å². The maximum absolute atomic E-state index is 9.69. The van der Waals surface area contributed by atoms with E-state index in [1.165, 1.54) is 0 Å². The molecule has 2 atom stereocenters. The summed E-state index contributed by atoms with van der Waals surface area (Å²) in [7, 11) is 0. The predicted molar refractivity (Wildman–Crippen MR) is 58.2 cm³/mol. The van der Waals surface area contributed by atoms with Crippen molar-refractivity contribution >= 4 is 0 Å². The number of hydrogen-bond donors (Lipinski definition) is 1. The molecule has 2 unspecified atom stereocenters. The van der Waals surface area contributed by atoms with E-state index in [1.54, 1.807) is 0 Å². The standard InChI is InChI=1S/C13H15NO/c14-10-13(8-4-7-12(15)9-13)11-5-2-1-3-6-11/h1-3,5-6,12,15H,4,7-9H2. The van der Waals surface area contributed by atoms with Crippen LogP contribution in [0.5, 0.6) is 0 Å². The minimum atomic E-state index is -0.459. The Hall–Kier alpha value is -1.33. The Morgan fingerprint density at radius 2 is 2.07 bits per heavy atom. The van der Waals surface area contributed by atoms with E-state index in [1.807, 2.05) is 30.3 Å². The normalized spacial score (nSPS) is 30.8. The molecule has 0 saturated heterocycles. The SMILES string of the molecule is N#CC1(c2ccccc2)CCCC(O)C1. The Balaban J connectivity index is 2.34. The van der Waals surface area contributed by atoms with E-state index in [4.69, 9.17) is 0 Å². The smallest absolute Gasteiger partial charge is 0.0846 e. The highest BCUT2D eigenvalue weighted by Gasteiger charge is 2.37. The fraction of sp³-hybridized carbons (Fsp3) is 0.462. The molecule has 78 valence electrons. The van der Waals surface area contributed by atoms with Gasteiger partial charge in [0.2, 0.25) is 0 Å². The van der Waals surface area contributed by atoms with Gasteiger partial charge in [-0.15, -0.1) is 0 Å². The minimum Gasteiger partial charge on any atom is -0.393 e. The van der Waals surface area contributed by atoms with E-state index >= 15 is 0 Å². The fourth-order valence-corrected chi connectivity index (χ4v) is 2.43. The molecule has 0 heterocycles. The molecule has 1 fully saturated rings. The molecule has 1 saturated carbocycles. The van der Waals surface area contributed by atoms with Crippen LogP contribution >= 0.6 is 0 Å². The lowest BCUT2D eigenvalue weighted by Crippen LogP contribution is -2.33. The van der Waals surface area contributed by atoms with Crippen LogP contribution in [-0.2, 0) is 5.41 Å². The van der Waals surface area contributed by atoms with Crippen molar-refractivity contribution in [2.75, 3.05) is 0 Å². The number of aliphatic hydroxyl groups is 1. The average molecular weight is 201 g/mol. The highest BCUT2D eigenvalue weighted by molar-refractivity contribution is 5.33. The summed E-state index contributed by atoms with van der Waals surface area (Å²) in [6.45, 7) is 0. The van der Waals surface area contributed by atoms with Crippen molar-refractivity contribution in [1.82, 2.24) is 0 Å². The molecule has 0 aliphatic heterocycles. The summed E-state index contributed by atoms with van der Waals surface area (Å²) in [5.74, 6) is 0. The number of nitrogens with zero attached hydrogens (tertiary/aromatic N) is 1. The molecule has 0 amide bonds. The Morgan fingerprint density at radius 1 is 1.33 bits per heavy atom. The lowest BCUT2D eigenvalue weighted by Gasteiger charge is -2.33. The molecule has 2 nitrogen and oxygen atoms in total. The fourth-order valence-electron chi connectivity index (χ4n) is 2.43. The average Bonchev–Trinajstić information content (AvgIpc) is 2.30. The quantitative estimate of drug-likeness (QED) is 0.758. The van der Waals surface area contributed by atoms with Crippen LogP contribution in [0.4, 0.5) is 0 Å². The van der Waals surface area contributed by atoms with Crippen molar-refractivity contribution in [3.05, 3.63) is 35.9 Å². The summed E-state index contributed by atoms with van der Waals surface area (Å²) in [6, 6.07) is 12.2. The third-order valence-electron chi connectivity index (χ3n) is 3.27. The van der Waals surface area contributed by atoms with E-state index in [-0.39, 0.29) is 6.10 Å². The van der Waals surface area contributed by atoms with E-state index in [9.17, 15) is 10.4 Å². The van der Waals surface area contributed by atoms with Crippen LogP contribution in [-0.4, -0.2) is 11.2 Å². The summed E-state index contributed by atoms with van der Waals surface area (Å²) in [5, 5.41) is 19.0. The van der Waals surface area contributed by atoms with Gasteiger partial charge in [-0.1, -0.05) is 30.3 Å². The predicted octanol–water partition coefficient (Wildman–Crippen LogP) is 2.38. The third-order valence-corrected chi connectivity index (χ3v) is 3.27. The first-order chi connectivity index (χ1) is 7.27. The Bertz CT molecular complexity index is 368. The maximum atomic E-state index is 9.69. The van der Waals surface area contributed by atoms with Gasteiger partial charge in [0, 0.05) is 0 Å². The van der Waals surface area contributed by atoms with Gasteiger partial charge in [0.15, 0.2) is 0 Å². The van der Waals surface area contributed by atoms with Gasteiger partial charge in [0.25, 0.3) is 0 Å². The molecule has 1 aliphatic rings. The molecule has 1 aromatic rings. The molecule has 0 radical (unpaired) electrons. The maximum Gasteiger partial charge on any atom is 0.0846 e. The first-order valence-corrected chi connectivity index (χ1v) is 5.42. The van der Waals surface area contributed by atoms with Crippen LogP contribution in [0.15, 0.2) is 30.3 Å². The van der Waals surface area contributed by atoms with Crippen LogP contribution < -0.4 is 0 Å². The Labute approximate surface area is 90.2 Å². The van der Waals surface area contributed by atoms with Gasteiger partial charge >= 0.3 is 0 Å². The van der Waals surface area contributed by atoms with Gasteiger partial charge in [0.1, 0.15) is 0 Å². The summed E-state index contributed by atoms with van der Waals surface area (Å²) < 4.78 is 0. The highest BCUT2D eigenvalue weighted by atomic mass is 16.3. The van der Waals surface area contributed by atoms with Crippen LogP contribution in [0.1, 0.15) is 31.2 Å². The van der Waals surface area contributed by atoms with Crippen LogP contribution in [0.3, 0.4) is 0 Å². The van der Waals surface area contributed by atoms with Crippen molar-refractivity contribution in [2.45, 2.75) is 37.2 Å². The van der Waals surface area contributed by atoms with Gasteiger partial charge in [0.05, 0.1) is 17.6 Å². The molecular weight excluding hydrogens is 186 g/mol. The van der Waals surface area contributed by atoms with Crippen LogP contribution in [0.2, 0.25) is 0 Å². The first kappa shape index (κ1) is 10.2. The second kappa shape index (κ2) is 4.04. The lowest BCUT2D eigenvalue weighted by atomic mass is 9.69. The van der Waals surface area contributed by atoms with Gasteiger partial charge in [-0.3, -0.25) is 0 Å². The number of benzene rings is 1. The molecule has 15 heavy (non-hydrogen) atoms. The monoisotopic (exact) mass is 201 g/mol. The molecule has 1 N–H and O–H groups in total. The van der Waals surface area contributed by atoms with Gasteiger partial charge in [-0.2, -0.15) is 5.26 Å². The van der Waals surface area contributed by atoms with Crippen molar-refractivity contribution in [2.24, 2.45) is 0 Å². The summed E-state index contributed by atoms with van der Waals surface area (Å²) in [6.07, 6.45) is 2.89. The summed E-state index contributed by atoms with van der Waals surface area (Å²) in [4.78, 5) is 0. The van der Waals surface area contributed by atoms with Gasteiger partial charge < -0.3 is 5.11 Å². The van der Waals surface area contributed by atoms with E-state index in [0.29, 0.717) is 6.42 Å². The summed E-state index contributed by atoms with van der Waals surface area (Å²) >= 11 is 0. The van der Waals surface area contributed by atoms with Gasteiger partial charge in [-0.05, 0) is 31.2 Å². The van der Waals surface area contributed by atoms with Crippen LogP contribution in [0.25, 0.3) is 0 Å². The molecular formula is C13H15NO. The zero-order valence-electron chi connectivity index (χ0n) is 8.69. The van der Waals surface area contributed by atoms with Crippen molar-refractivity contribution in [1.29, 1.82) is 5.26 Å². The number of hydrogen-bond acceptors (Lipinski definition) is 2. The van der Waals surface area contributed by atoms with Gasteiger partial charge in [-0.25, -0.2) is 0 Å². The molecule has 2 rings (SSSR count). The molecule has 2 heteroatoms. The van der Waals surface area contributed by atoms with E-state index in [2.05, 4.69) is 6.07 Å². The Kier molecular flexibility index (Phi) is 2.75. The number of nitriles is 1. The van der Waals surface area contributed by atoms with Crippen molar-refractivity contribution in [3.63, 3.8) is 0 Å². The Morgan fingerprint density at radius 3 is 2.67 bits per heavy atom.